The van der Waals surface area contributed by atoms with Gasteiger partial charge in [-0.3, -0.25) is 9.59 Å². The summed E-state index contributed by atoms with van der Waals surface area (Å²) in [6.45, 7) is 2.63. The minimum Gasteiger partial charge on any atom is -0.493 e. The summed E-state index contributed by atoms with van der Waals surface area (Å²) in [5.74, 6) is -0.00508. The van der Waals surface area contributed by atoms with Crippen molar-refractivity contribution in [2.45, 2.75) is 25.3 Å². The van der Waals surface area contributed by atoms with Crippen molar-refractivity contribution in [2.75, 3.05) is 27.3 Å². The standard InChI is InChI=1S/C28H28ClFN2O4/c1-17-14-19(30)9-10-20(17)22-16-32(28(34)18-8-11-25(35-2)26(15-18)36-3)13-12-24(22)31-27(33)21-6-4-5-7-23(21)29/h4-11,14-15,22,24H,12-13,16H2,1-3H3,(H,31,33)/t22-,24+/m0/s1. The Bertz CT molecular complexity index is 1280. The number of hydrogen-bond donors (Lipinski definition) is 1. The number of amides is 2. The average Bonchev–Trinajstić information content (AvgIpc) is 2.88. The van der Waals surface area contributed by atoms with Gasteiger partial charge in [0.1, 0.15) is 5.82 Å². The maximum Gasteiger partial charge on any atom is 0.254 e. The second kappa shape index (κ2) is 11.0. The van der Waals surface area contributed by atoms with Crippen LogP contribution in [0.25, 0.3) is 0 Å². The minimum atomic E-state index is -0.332. The van der Waals surface area contributed by atoms with Crippen LogP contribution in [-0.4, -0.2) is 50.1 Å². The molecule has 0 unspecified atom stereocenters. The molecule has 0 aromatic heterocycles. The summed E-state index contributed by atoms with van der Waals surface area (Å²) in [7, 11) is 3.06. The molecule has 0 aliphatic carbocycles. The van der Waals surface area contributed by atoms with Gasteiger partial charge in [0, 0.05) is 30.6 Å². The summed E-state index contributed by atoms with van der Waals surface area (Å²) >= 11 is 6.24. The summed E-state index contributed by atoms with van der Waals surface area (Å²) in [5, 5.41) is 3.47. The molecule has 188 valence electrons. The van der Waals surface area contributed by atoms with Gasteiger partial charge in [-0.1, -0.05) is 29.8 Å². The van der Waals surface area contributed by atoms with E-state index in [-0.39, 0.29) is 29.6 Å². The predicted molar refractivity (Wildman–Crippen MR) is 137 cm³/mol. The molecule has 1 heterocycles. The van der Waals surface area contributed by atoms with Crippen molar-refractivity contribution in [2.24, 2.45) is 0 Å². The Morgan fingerprint density at radius 2 is 1.78 bits per heavy atom. The van der Waals surface area contributed by atoms with Gasteiger partial charge in [-0.25, -0.2) is 4.39 Å². The minimum absolute atomic E-state index is 0.156. The molecule has 3 aromatic carbocycles. The number of benzene rings is 3. The summed E-state index contributed by atoms with van der Waals surface area (Å²) in [6, 6.07) is 16.3. The molecule has 1 saturated heterocycles. The maximum atomic E-state index is 13.9. The van der Waals surface area contributed by atoms with E-state index in [0.29, 0.717) is 47.2 Å². The third kappa shape index (κ3) is 5.31. The highest BCUT2D eigenvalue weighted by Crippen LogP contribution is 2.33. The van der Waals surface area contributed by atoms with Crippen LogP contribution in [-0.2, 0) is 0 Å². The molecule has 2 atom stereocenters. The first-order valence-corrected chi connectivity index (χ1v) is 12.0. The molecule has 0 radical (unpaired) electrons. The number of nitrogens with one attached hydrogen (secondary N) is 1. The molecule has 8 heteroatoms. The van der Waals surface area contributed by atoms with Gasteiger partial charge in [0.25, 0.3) is 11.8 Å². The Morgan fingerprint density at radius 3 is 2.47 bits per heavy atom. The molecule has 3 aromatic rings. The van der Waals surface area contributed by atoms with E-state index in [9.17, 15) is 14.0 Å². The Balaban J connectivity index is 1.62. The zero-order valence-electron chi connectivity index (χ0n) is 20.4. The van der Waals surface area contributed by atoms with Crippen molar-refractivity contribution in [1.82, 2.24) is 10.2 Å². The third-order valence-electron chi connectivity index (χ3n) is 6.60. The number of carbonyl (C=O) groups excluding carboxylic acids is 2. The normalized spacial score (nSPS) is 17.4. The van der Waals surface area contributed by atoms with Crippen LogP contribution >= 0.6 is 11.6 Å². The number of aryl methyl sites for hydroxylation is 1. The first kappa shape index (κ1) is 25.5. The lowest BCUT2D eigenvalue weighted by Gasteiger charge is -2.40. The molecule has 36 heavy (non-hydrogen) atoms. The van der Waals surface area contributed by atoms with Gasteiger partial charge in [-0.2, -0.15) is 0 Å². The molecule has 4 rings (SSSR count). The SMILES string of the molecule is COc1ccc(C(=O)N2CC[C@@H](NC(=O)c3ccccc3Cl)[C@H](c3ccc(F)cc3C)C2)cc1OC. The van der Waals surface area contributed by atoms with Crippen LogP contribution in [0.4, 0.5) is 4.39 Å². The average molecular weight is 511 g/mol. The van der Waals surface area contributed by atoms with Crippen LogP contribution in [0.5, 0.6) is 11.5 Å². The van der Waals surface area contributed by atoms with Crippen LogP contribution in [0.15, 0.2) is 60.7 Å². The van der Waals surface area contributed by atoms with E-state index < -0.39 is 0 Å². The molecule has 6 nitrogen and oxygen atoms in total. The number of halogens is 2. The second-order valence-electron chi connectivity index (χ2n) is 8.78. The van der Waals surface area contributed by atoms with Crippen molar-refractivity contribution < 1.29 is 23.5 Å². The van der Waals surface area contributed by atoms with E-state index in [2.05, 4.69) is 5.32 Å². The van der Waals surface area contributed by atoms with Gasteiger partial charge >= 0.3 is 0 Å². The molecule has 0 bridgehead atoms. The van der Waals surface area contributed by atoms with Crippen LogP contribution in [0, 0.1) is 12.7 Å². The largest absolute Gasteiger partial charge is 0.493 e. The van der Waals surface area contributed by atoms with Crippen molar-refractivity contribution in [3.8, 4) is 11.5 Å². The molecule has 1 N–H and O–H groups in total. The monoisotopic (exact) mass is 510 g/mol. The highest BCUT2D eigenvalue weighted by molar-refractivity contribution is 6.33. The highest BCUT2D eigenvalue weighted by atomic mass is 35.5. The maximum absolute atomic E-state index is 13.9. The van der Waals surface area contributed by atoms with Gasteiger partial charge in [-0.05, 0) is 66.9 Å². The Kier molecular flexibility index (Phi) is 7.79. The number of hydrogen-bond acceptors (Lipinski definition) is 4. The molecule has 0 saturated carbocycles. The lowest BCUT2D eigenvalue weighted by atomic mass is 9.83. The first-order valence-electron chi connectivity index (χ1n) is 11.6. The smallest absolute Gasteiger partial charge is 0.254 e. The van der Waals surface area contributed by atoms with Crippen LogP contribution in [0.1, 0.15) is 44.2 Å². The van der Waals surface area contributed by atoms with Gasteiger partial charge in [0.15, 0.2) is 11.5 Å². The fourth-order valence-electron chi connectivity index (χ4n) is 4.72. The number of rotatable bonds is 6. The molecule has 2 amide bonds. The Morgan fingerprint density at radius 1 is 1.03 bits per heavy atom. The van der Waals surface area contributed by atoms with E-state index in [0.717, 1.165) is 11.1 Å². The fraction of sp³-hybridized carbons (Fsp3) is 0.286. The van der Waals surface area contributed by atoms with Crippen molar-refractivity contribution in [3.63, 3.8) is 0 Å². The molecule has 0 spiro atoms. The molecule has 1 aliphatic rings. The van der Waals surface area contributed by atoms with E-state index in [1.165, 1.54) is 26.4 Å². The molecular weight excluding hydrogens is 483 g/mol. The molecule has 1 aliphatic heterocycles. The quantitative estimate of drug-likeness (QED) is 0.493. The molecular formula is C28H28ClFN2O4. The van der Waals surface area contributed by atoms with Crippen LogP contribution in [0.2, 0.25) is 5.02 Å². The summed E-state index contributed by atoms with van der Waals surface area (Å²) in [6.07, 6.45) is 0.525. The van der Waals surface area contributed by atoms with Gasteiger partial charge in [0.05, 0.1) is 24.8 Å². The Hall–Kier alpha value is -3.58. The van der Waals surface area contributed by atoms with Crippen LogP contribution < -0.4 is 14.8 Å². The number of carbonyl (C=O) groups is 2. The van der Waals surface area contributed by atoms with E-state index >= 15 is 0 Å². The van der Waals surface area contributed by atoms with Crippen LogP contribution in [0.3, 0.4) is 0 Å². The number of ether oxygens (including phenoxy) is 2. The summed E-state index contributed by atoms with van der Waals surface area (Å²) < 4.78 is 24.5. The zero-order valence-corrected chi connectivity index (χ0v) is 21.1. The predicted octanol–water partition coefficient (Wildman–Crippen LogP) is 5.23. The number of methoxy groups -OCH3 is 2. The highest BCUT2D eigenvalue weighted by Gasteiger charge is 2.35. The lowest BCUT2D eigenvalue weighted by molar-refractivity contribution is 0.0671. The second-order valence-corrected chi connectivity index (χ2v) is 9.18. The number of nitrogens with zero attached hydrogens (tertiary/aromatic N) is 1. The van der Waals surface area contributed by atoms with Gasteiger partial charge in [0.2, 0.25) is 0 Å². The van der Waals surface area contributed by atoms with E-state index in [1.54, 1.807) is 53.4 Å². The number of likely N-dealkylation sites (tertiary alicyclic amines) is 1. The van der Waals surface area contributed by atoms with Crippen molar-refractivity contribution in [1.29, 1.82) is 0 Å². The summed E-state index contributed by atoms with van der Waals surface area (Å²) in [5.41, 5.74) is 2.50. The lowest BCUT2D eigenvalue weighted by Crippen LogP contribution is -2.51. The third-order valence-corrected chi connectivity index (χ3v) is 6.93. The first-order chi connectivity index (χ1) is 17.3. The Labute approximate surface area is 215 Å². The topological polar surface area (TPSA) is 67.9 Å². The number of piperidine rings is 1. The zero-order chi connectivity index (χ0) is 25.8. The molecule has 1 fully saturated rings. The summed E-state index contributed by atoms with van der Waals surface area (Å²) in [4.78, 5) is 28.3. The fourth-order valence-corrected chi connectivity index (χ4v) is 4.94. The van der Waals surface area contributed by atoms with Gasteiger partial charge < -0.3 is 19.7 Å². The van der Waals surface area contributed by atoms with E-state index in [1.807, 2.05) is 6.92 Å². The van der Waals surface area contributed by atoms with E-state index in [4.69, 9.17) is 21.1 Å². The van der Waals surface area contributed by atoms with Gasteiger partial charge in [-0.15, -0.1) is 0 Å². The van der Waals surface area contributed by atoms with Crippen molar-refractivity contribution >= 4 is 23.4 Å². The van der Waals surface area contributed by atoms with Crippen molar-refractivity contribution in [3.05, 3.63) is 93.8 Å².